The van der Waals surface area contributed by atoms with Gasteiger partial charge in [0, 0.05) is 16.3 Å². The summed E-state index contributed by atoms with van der Waals surface area (Å²) in [6.07, 6.45) is 0. The normalized spacial score (nSPS) is 12.6. The van der Waals surface area contributed by atoms with E-state index in [0.29, 0.717) is 38.6 Å². The third-order valence-electron chi connectivity index (χ3n) is 3.19. The highest BCUT2D eigenvalue weighted by Gasteiger charge is 2.21. The molecule has 0 radical (unpaired) electrons. The first kappa shape index (κ1) is 16.3. The van der Waals surface area contributed by atoms with Gasteiger partial charge in [0.15, 0.2) is 5.11 Å². The summed E-state index contributed by atoms with van der Waals surface area (Å²) in [6, 6.07) is 8.46. The molecule has 1 aliphatic rings. The molecule has 0 saturated carbocycles. The average molecular weight is 388 g/mol. The van der Waals surface area contributed by atoms with Gasteiger partial charge in [-0.05, 0) is 36.5 Å². The van der Waals surface area contributed by atoms with E-state index < -0.39 is 0 Å². The number of carbonyl (C=O) groups is 1. The number of anilines is 2. The van der Waals surface area contributed by atoms with Crippen LogP contribution in [0.25, 0.3) is 0 Å². The molecule has 2 aromatic rings. The lowest BCUT2D eigenvalue weighted by Gasteiger charge is -2.13. The minimum atomic E-state index is -0.341. The fourth-order valence-corrected chi connectivity index (χ4v) is 3.00. The summed E-state index contributed by atoms with van der Waals surface area (Å²) in [5.74, 6) is -0.341. The molecule has 0 unspecified atom stereocenters. The second-order valence-electron chi connectivity index (χ2n) is 4.78. The van der Waals surface area contributed by atoms with E-state index in [1.807, 2.05) is 6.07 Å². The molecule has 8 heteroatoms. The lowest BCUT2D eigenvalue weighted by molar-refractivity contribution is 0.0535. The topological polar surface area (TPSA) is 50.4 Å². The van der Waals surface area contributed by atoms with Crippen LogP contribution in [0.4, 0.5) is 11.4 Å². The molecule has 0 fully saturated rings. The molecule has 23 heavy (non-hydrogen) atoms. The van der Waals surface area contributed by atoms with E-state index in [1.54, 1.807) is 24.3 Å². The number of hydrogen-bond acceptors (Lipinski definition) is 3. The second-order valence-corrected chi connectivity index (χ2v) is 6.41. The number of hydrogen-bond donors (Lipinski definition) is 2. The van der Waals surface area contributed by atoms with Gasteiger partial charge in [-0.3, -0.25) is 0 Å². The summed E-state index contributed by atoms with van der Waals surface area (Å²) in [4.78, 5) is 11.6. The van der Waals surface area contributed by atoms with E-state index in [2.05, 4.69) is 10.6 Å². The first-order valence-corrected chi connectivity index (χ1v) is 8.01. The Morgan fingerprint density at radius 1 is 1.13 bits per heavy atom. The average Bonchev–Trinajstić information content (AvgIpc) is 2.85. The molecule has 2 N–H and O–H groups in total. The van der Waals surface area contributed by atoms with Gasteiger partial charge in [-0.25, -0.2) is 4.79 Å². The number of rotatable bonds is 2. The Hall–Kier alpha value is -1.53. The Balaban J connectivity index is 1.76. The van der Waals surface area contributed by atoms with E-state index in [4.69, 9.17) is 51.8 Å². The van der Waals surface area contributed by atoms with E-state index in [-0.39, 0.29) is 11.1 Å². The molecule has 0 atom stereocenters. The quantitative estimate of drug-likeness (QED) is 0.425. The van der Waals surface area contributed by atoms with Gasteiger partial charge in [-0.15, -0.1) is 0 Å². The van der Waals surface area contributed by atoms with Crippen LogP contribution in [0.1, 0.15) is 15.9 Å². The molecule has 0 saturated heterocycles. The van der Waals surface area contributed by atoms with Crippen molar-refractivity contribution < 1.29 is 9.53 Å². The second kappa shape index (κ2) is 6.53. The minimum absolute atomic E-state index is 0.288. The number of carbonyl (C=O) groups excluding carboxylic acids is 1. The summed E-state index contributed by atoms with van der Waals surface area (Å²) in [5.41, 5.74) is 2.53. The van der Waals surface area contributed by atoms with Gasteiger partial charge < -0.3 is 15.4 Å². The number of halogens is 3. The van der Waals surface area contributed by atoms with Crippen molar-refractivity contribution in [3.05, 3.63) is 56.5 Å². The maximum absolute atomic E-state index is 11.6. The van der Waals surface area contributed by atoms with Crippen LogP contribution in [0.5, 0.6) is 0 Å². The van der Waals surface area contributed by atoms with Crippen molar-refractivity contribution in [3.63, 3.8) is 0 Å². The fourth-order valence-electron chi connectivity index (χ4n) is 2.12. The fraction of sp³-hybridized carbons (Fsp3) is 0.0667. The number of esters is 1. The molecule has 0 bridgehead atoms. The number of fused-ring (bicyclic) bond motifs is 1. The Bertz CT molecular complexity index is 827. The van der Waals surface area contributed by atoms with Gasteiger partial charge in [-0.2, -0.15) is 0 Å². The van der Waals surface area contributed by atoms with E-state index >= 15 is 0 Å². The maximum Gasteiger partial charge on any atom is 0.338 e. The first-order valence-electron chi connectivity index (χ1n) is 6.46. The smallest absolute Gasteiger partial charge is 0.338 e. The zero-order chi connectivity index (χ0) is 16.6. The number of cyclic esters (lactones) is 1. The zero-order valence-corrected chi connectivity index (χ0v) is 14.5. The Kier molecular flexibility index (Phi) is 4.64. The first-order chi connectivity index (χ1) is 10.9. The van der Waals surface area contributed by atoms with Crippen molar-refractivity contribution in [2.75, 3.05) is 10.6 Å². The van der Waals surface area contributed by atoms with Crippen molar-refractivity contribution in [1.29, 1.82) is 0 Å². The SMILES string of the molecule is O=C1OCc2ccc(NC(=S)Nc3cc(Cl)cc(Cl)c3Cl)cc21. The number of benzene rings is 2. The van der Waals surface area contributed by atoms with Crippen LogP contribution in [0.3, 0.4) is 0 Å². The Labute approximate surface area is 152 Å². The van der Waals surface area contributed by atoms with Crippen LogP contribution in [-0.2, 0) is 11.3 Å². The maximum atomic E-state index is 11.6. The summed E-state index contributed by atoms with van der Waals surface area (Å²) in [5, 5.41) is 7.26. The van der Waals surface area contributed by atoms with Gasteiger partial charge in [-0.1, -0.05) is 40.9 Å². The Morgan fingerprint density at radius 3 is 2.70 bits per heavy atom. The monoisotopic (exact) mass is 386 g/mol. The molecule has 0 aliphatic carbocycles. The van der Waals surface area contributed by atoms with Crippen molar-refractivity contribution in [1.82, 2.24) is 0 Å². The van der Waals surface area contributed by atoms with Gasteiger partial charge in [0.1, 0.15) is 6.61 Å². The van der Waals surface area contributed by atoms with Gasteiger partial charge in [0.05, 0.1) is 21.3 Å². The molecule has 1 heterocycles. The molecular formula is C15H9Cl3N2O2S. The molecule has 0 spiro atoms. The molecular weight excluding hydrogens is 379 g/mol. The third-order valence-corrected chi connectivity index (χ3v) is 4.41. The van der Waals surface area contributed by atoms with Gasteiger partial charge >= 0.3 is 5.97 Å². The molecule has 0 aromatic heterocycles. The van der Waals surface area contributed by atoms with Crippen molar-refractivity contribution in [3.8, 4) is 0 Å². The van der Waals surface area contributed by atoms with E-state index in [0.717, 1.165) is 5.56 Å². The Morgan fingerprint density at radius 2 is 1.91 bits per heavy atom. The molecule has 2 aromatic carbocycles. The van der Waals surface area contributed by atoms with Crippen molar-refractivity contribution in [2.45, 2.75) is 6.61 Å². The minimum Gasteiger partial charge on any atom is -0.457 e. The van der Waals surface area contributed by atoms with Crippen LogP contribution in [0.15, 0.2) is 30.3 Å². The molecule has 1 aliphatic heterocycles. The lowest BCUT2D eigenvalue weighted by atomic mass is 10.1. The summed E-state index contributed by atoms with van der Waals surface area (Å²) in [6.45, 7) is 0.299. The molecule has 4 nitrogen and oxygen atoms in total. The predicted octanol–water partition coefficient (Wildman–Crippen LogP) is 5.13. The standard InChI is InChI=1S/C15H9Cl3N2O2S/c16-8-3-11(17)13(18)12(4-8)20-15(23)19-9-2-1-7-6-22-14(21)10(7)5-9/h1-5H,6H2,(H2,19,20,23). The zero-order valence-electron chi connectivity index (χ0n) is 11.5. The van der Waals surface area contributed by atoms with Gasteiger partial charge in [0.25, 0.3) is 0 Å². The summed E-state index contributed by atoms with van der Waals surface area (Å²) >= 11 is 23.3. The van der Waals surface area contributed by atoms with Gasteiger partial charge in [0.2, 0.25) is 0 Å². The van der Waals surface area contributed by atoms with Crippen LogP contribution < -0.4 is 10.6 Å². The highest BCUT2D eigenvalue weighted by atomic mass is 35.5. The molecule has 3 rings (SSSR count). The largest absolute Gasteiger partial charge is 0.457 e. The number of nitrogens with one attached hydrogen (secondary N) is 2. The summed E-state index contributed by atoms with van der Waals surface area (Å²) in [7, 11) is 0. The molecule has 118 valence electrons. The highest BCUT2D eigenvalue weighted by Crippen LogP contribution is 2.33. The van der Waals surface area contributed by atoms with E-state index in [9.17, 15) is 4.79 Å². The lowest BCUT2D eigenvalue weighted by Crippen LogP contribution is -2.19. The van der Waals surface area contributed by atoms with Crippen LogP contribution >= 0.6 is 47.0 Å². The van der Waals surface area contributed by atoms with Crippen molar-refractivity contribution >= 4 is 69.5 Å². The third kappa shape index (κ3) is 3.53. The van der Waals surface area contributed by atoms with Crippen molar-refractivity contribution in [2.24, 2.45) is 0 Å². The summed E-state index contributed by atoms with van der Waals surface area (Å²) < 4.78 is 4.96. The van der Waals surface area contributed by atoms with Crippen LogP contribution in [0, 0.1) is 0 Å². The highest BCUT2D eigenvalue weighted by molar-refractivity contribution is 7.80. The predicted molar refractivity (Wildman–Crippen MR) is 96.9 cm³/mol. The van der Waals surface area contributed by atoms with Crippen LogP contribution in [0.2, 0.25) is 15.1 Å². The van der Waals surface area contributed by atoms with E-state index in [1.165, 1.54) is 0 Å². The number of ether oxygens (including phenoxy) is 1. The molecule has 0 amide bonds. The number of thiocarbonyl (C=S) groups is 1. The van der Waals surface area contributed by atoms with Crippen LogP contribution in [-0.4, -0.2) is 11.1 Å².